The van der Waals surface area contributed by atoms with Gasteiger partial charge in [0, 0.05) is 17.2 Å². The molecule has 0 aliphatic rings. The van der Waals surface area contributed by atoms with Gasteiger partial charge < -0.3 is 11.1 Å². The molecule has 4 nitrogen and oxygen atoms in total. The van der Waals surface area contributed by atoms with E-state index in [1.165, 1.54) is 0 Å². The van der Waals surface area contributed by atoms with E-state index in [0.29, 0.717) is 11.1 Å². The average Bonchev–Trinajstić information content (AvgIpc) is 2.17. The van der Waals surface area contributed by atoms with Gasteiger partial charge in [0.25, 0.3) is 5.91 Å². The van der Waals surface area contributed by atoms with Crippen molar-refractivity contribution in [1.29, 1.82) is 5.41 Å². The van der Waals surface area contributed by atoms with Crippen LogP contribution in [-0.4, -0.2) is 17.8 Å². The fourth-order valence-corrected chi connectivity index (χ4v) is 1.15. The molecule has 0 saturated carbocycles. The zero-order valence-electron chi connectivity index (χ0n) is 8.87. The minimum absolute atomic E-state index is 0.00539. The number of hydrogen-bond acceptors (Lipinski definition) is 2. The van der Waals surface area contributed by atoms with Gasteiger partial charge in [0.2, 0.25) is 0 Å². The van der Waals surface area contributed by atoms with E-state index < -0.39 is 0 Å². The number of nitrogens with two attached hydrogens (primary N) is 1. The molecule has 0 heterocycles. The van der Waals surface area contributed by atoms with E-state index in [-0.39, 0.29) is 17.8 Å². The second-order valence-corrected chi connectivity index (χ2v) is 3.62. The number of nitrogens with one attached hydrogen (secondary N) is 2. The van der Waals surface area contributed by atoms with Crippen molar-refractivity contribution in [1.82, 2.24) is 5.32 Å². The number of carbonyl (C=O) groups excluding carboxylic acids is 1. The second kappa shape index (κ2) is 4.59. The standard InChI is InChI=1S/C11H15N3O/c1-7(2)14-11(15)9-5-3-8(4-6-9)10(12)13/h3-7H,1-2H3,(H3,12,13)(H,14,15). The van der Waals surface area contributed by atoms with Gasteiger partial charge in [-0.25, -0.2) is 0 Å². The third-order valence-electron chi connectivity index (χ3n) is 1.88. The molecule has 0 spiro atoms. The highest BCUT2D eigenvalue weighted by molar-refractivity contribution is 5.98. The largest absolute Gasteiger partial charge is 0.384 e. The minimum Gasteiger partial charge on any atom is -0.384 e. The smallest absolute Gasteiger partial charge is 0.251 e. The molecule has 0 unspecified atom stereocenters. The molecule has 1 aromatic carbocycles. The van der Waals surface area contributed by atoms with Crippen molar-refractivity contribution >= 4 is 11.7 Å². The first-order valence-corrected chi connectivity index (χ1v) is 4.76. The molecule has 4 N–H and O–H groups in total. The number of hydrogen-bond donors (Lipinski definition) is 3. The van der Waals surface area contributed by atoms with Gasteiger partial charge in [-0.1, -0.05) is 12.1 Å². The van der Waals surface area contributed by atoms with Gasteiger partial charge >= 0.3 is 0 Å². The highest BCUT2D eigenvalue weighted by Gasteiger charge is 2.06. The SMILES string of the molecule is CC(C)NC(=O)c1ccc(C(=N)N)cc1. The van der Waals surface area contributed by atoms with Crippen molar-refractivity contribution in [2.24, 2.45) is 5.73 Å². The van der Waals surface area contributed by atoms with Crippen LogP contribution in [0.25, 0.3) is 0 Å². The molecule has 0 atom stereocenters. The number of rotatable bonds is 3. The third-order valence-corrected chi connectivity index (χ3v) is 1.88. The lowest BCUT2D eigenvalue weighted by Gasteiger charge is -2.08. The summed E-state index contributed by atoms with van der Waals surface area (Å²) in [5, 5.41) is 9.99. The molecule has 0 saturated heterocycles. The van der Waals surface area contributed by atoms with Gasteiger partial charge in [0.15, 0.2) is 0 Å². The summed E-state index contributed by atoms with van der Waals surface area (Å²) in [6.07, 6.45) is 0. The lowest BCUT2D eigenvalue weighted by atomic mass is 10.1. The Kier molecular flexibility index (Phi) is 3.44. The average molecular weight is 205 g/mol. The molecule has 1 rings (SSSR count). The van der Waals surface area contributed by atoms with Crippen molar-refractivity contribution in [2.45, 2.75) is 19.9 Å². The van der Waals surface area contributed by atoms with E-state index >= 15 is 0 Å². The molecule has 15 heavy (non-hydrogen) atoms. The first kappa shape index (κ1) is 11.2. The summed E-state index contributed by atoms with van der Waals surface area (Å²) in [6.45, 7) is 3.81. The molecule has 0 aliphatic heterocycles. The summed E-state index contributed by atoms with van der Waals surface area (Å²) in [6, 6.07) is 6.77. The summed E-state index contributed by atoms with van der Waals surface area (Å²) in [7, 11) is 0. The maximum absolute atomic E-state index is 11.5. The van der Waals surface area contributed by atoms with Crippen LogP contribution in [0.2, 0.25) is 0 Å². The fourth-order valence-electron chi connectivity index (χ4n) is 1.15. The van der Waals surface area contributed by atoms with Gasteiger partial charge in [-0.2, -0.15) is 0 Å². The predicted molar refractivity (Wildman–Crippen MR) is 60.1 cm³/mol. The fraction of sp³-hybridized carbons (Fsp3) is 0.273. The molecular weight excluding hydrogens is 190 g/mol. The molecule has 1 amide bonds. The summed E-state index contributed by atoms with van der Waals surface area (Å²) in [5.74, 6) is -0.106. The quantitative estimate of drug-likeness (QED) is 0.510. The molecule has 0 bridgehead atoms. The highest BCUT2D eigenvalue weighted by Crippen LogP contribution is 2.03. The zero-order chi connectivity index (χ0) is 11.4. The Morgan fingerprint density at radius 3 is 2.13 bits per heavy atom. The monoisotopic (exact) mass is 205 g/mol. The van der Waals surface area contributed by atoms with Crippen LogP contribution in [0, 0.1) is 5.41 Å². The summed E-state index contributed by atoms with van der Waals surface area (Å²) in [5.41, 5.74) is 6.50. The van der Waals surface area contributed by atoms with E-state index in [0.717, 1.165) is 0 Å². The van der Waals surface area contributed by atoms with Gasteiger partial charge in [0.05, 0.1) is 0 Å². The lowest BCUT2D eigenvalue weighted by molar-refractivity contribution is 0.0943. The van der Waals surface area contributed by atoms with Crippen LogP contribution < -0.4 is 11.1 Å². The molecule has 0 fully saturated rings. The molecule has 0 radical (unpaired) electrons. The van der Waals surface area contributed by atoms with Crippen LogP contribution in [-0.2, 0) is 0 Å². The number of amidine groups is 1. The Morgan fingerprint density at radius 2 is 1.73 bits per heavy atom. The van der Waals surface area contributed by atoms with Crippen LogP contribution in [0.3, 0.4) is 0 Å². The van der Waals surface area contributed by atoms with Crippen LogP contribution in [0.1, 0.15) is 29.8 Å². The van der Waals surface area contributed by atoms with Crippen LogP contribution in [0.15, 0.2) is 24.3 Å². The Balaban J connectivity index is 2.80. The van der Waals surface area contributed by atoms with Gasteiger partial charge in [-0.05, 0) is 26.0 Å². The highest BCUT2D eigenvalue weighted by atomic mass is 16.1. The Labute approximate surface area is 89.0 Å². The molecule has 0 aromatic heterocycles. The predicted octanol–water partition coefficient (Wildman–Crippen LogP) is 1.11. The van der Waals surface area contributed by atoms with Gasteiger partial charge in [0.1, 0.15) is 5.84 Å². The topological polar surface area (TPSA) is 79.0 Å². The van der Waals surface area contributed by atoms with Crippen molar-refractivity contribution < 1.29 is 4.79 Å². The van der Waals surface area contributed by atoms with Gasteiger partial charge in [-0.15, -0.1) is 0 Å². The molecule has 0 aliphatic carbocycles. The Morgan fingerprint density at radius 1 is 1.27 bits per heavy atom. The van der Waals surface area contributed by atoms with E-state index in [1.807, 2.05) is 13.8 Å². The van der Waals surface area contributed by atoms with Crippen molar-refractivity contribution in [3.8, 4) is 0 Å². The maximum Gasteiger partial charge on any atom is 0.251 e. The van der Waals surface area contributed by atoms with Crippen molar-refractivity contribution in [2.75, 3.05) is 0 Å². The first-order valence-electron chi connectivity index (χ1n) is 4.76. The third kappa shape index (κ3) is 3.09. The first-order chi connectivity index (χ1) is 7.00. The van der Waals surface area contributed by atoms with Crippen molar-refractivity contribution in [3.05, 3.63) is 35.4 Å². The van der Waals surface area contributed by atoms with E-state index in [1.54, 1.807) is 24.3 Å². The summed E-state index contributed by atoms with van der Waals surface area (Å²) in [4.78, 5) is 11.5. The number of amides is 1. The normalized spacial score (nSPS) is 10.1. The van der Waals surface area contributed by atoms with E-state index in [9.17, 15) is 4.79 Å². The Bertz CT molecular complexity index is 368. The molecule has 80 valence electrons. The van der Waals surface area contributed by atoms with Crippen molar-refractivity contribution in [3.63, 3.8) is 0 Å². The van der Waals surface area contributed by atoms with Crippen LogP contribution in [0.4, 0.5) is 0 Å². The number of nitrogen functional groups attached to an aromatic ring is 1. The summed E-state index contributed by atoms with van der Waals surface area (Å²) < 4.78 is 0. The van der Waals surface area contributed by atoms with Gasteiger partial charge in [-0.3, -0.25) is 10.2 Å². The van der Waals surface area contributed by atoms with Crippen LogP contribution in [0.5, 0.6) is 0 Å². The van der Waals surface area contributed by atoms with E-state index in [2.05, 4.69) is 5.32 Å². The number of carbonyl (C=O) groups is 1. The summed E-state index contributed by atoms with van der Waals surface area (Å²) >= 11 is 0. The van der Waals surface area contributed by atoms with E-state index in [4.69, 9.17) is 11.1 Å². The minimum atomic E-state index is -0.111. The lowest BCUT2D eigenvalue weighted by Crippen LogP contribution is -2.30. The molecule has 1 aromatic rings. The zero-order valence-corrected chi connectivity index (χ0v) is 8.87. The number of benzene rings is 1. The maximum atomic E-state index is 11.5. The second-order valence-electron chi connectivity index (χ2n) is 3.62. The Hall–Kier alpha value is -1.84. The molecule has 4 heteroatoms. The van der Waals surface area contributed by atoms with Crippen LogP contribution >= 0.6 is 0 Å². The molecular formula is C11H15N3O.